The van der Waals surface area contributed by atoms with Gasteiger partial charge in [-0.3, -0.25) is 0 Å². The van der Waals surface area contributed by atoms with Crippen molar-refractivity contribution in [3.8, 4) is 0 Å². The molecule has 0 radical (unpaired) electrons. The standard InChI is InChI=1S/C17H25N5O2S/c1-12-19-16(24-21-12)15(13-4-9-23-10-5-13)20-14-2-7-22(8-3-14)17-18-6-11-25-17/h6,11,13-15,20H,2-5,7-10H2,1H3/t15-/m0/s1. The minimum absolute atomic E-state index is 0.126. The summed E-state index contributed by atoms with van der Waals surface area (Å²) in [6.45, 7) is 5.58. The molecule has 4 rings (SSSR count). The molecule has 25 heavy (non-hydrogen) atoms. The van der Waals surface area contributed by atoms with Gasteiger partial charge in [-0.25, -0.2) is 4.98 Å². The Balaban J connectivity index is 1.40. The number of nitrogens with one attached hydrogen (secondary N) is 1. The van der Waals surface area contributed by atoms with Gasteiger partial charge in [0.2, 0.25) is 5.89 Å². The molecule has 136 valence electrons. The summed E-state index contributed by atoms with van der Waals surface area (Å²) in [5, 5.41) is 11.0. The number of aromatic nitrogens is 3. The van der Waals surface area contributed by atoms with Crippen molar-refractivity contribution in [2.75, 3.05) is 31.2 Å². The van der Waals surface area contributed by atoms with E-state index in [2.05, 4.69) is 25.3 Å². The second-order valence-electron chi connectivity index (χ2n) is 6.85. The van der Waals surface area contributed by atoms with Crippen molar-refractivity contribution in [3.05, 3.63) is 23.3 Å². The van der Waals surface area contributed by atoms with Gasteiger partial charge >= 0.3 is 0 Å². The fourth-order valence-corrected chi connectivity index (χ4v) is 4.46. The van der Waals surface area contributed by atoms with E-state index in [9.17, 15) is 0 Å². The summed E-state index contributed by atoms with van der Waals surface area (Å²) < 4.78 is 11.0. The Kier molecular flexibility index (Phi) is 5.28. The monoisotopic (exact) mass is 363 g/mol. The van der Waals surface area contributed by atoms with Gasteiger partial charge in [-0.15, -0.1) is 11.3 Å². The normalized spacial score (nSPS) is 21.6. The number of ether oxygens (including phenoxy) is 1. The van der Waals surface area contributed by atoms with Crippen LogP contribution in [0.25, 0.3) is 0 Å². The molecule has 1 atom stereocenters. The summed E-state index contributed by atoms with van der Waals surface area (Å²) in [7, 11) is 0. The second-order valence-corrected chi connectivity index (χ2v) is 7.72. The van der Waals surface area contributed by atoms with Crippen LogP contribution in [0.4, 0.5) is 5.13 Å². The fourth-order valence-electron chi connectivity index (χ4n) is 3.76. The molecule has 2 aliphatic heterocycles. The molecule has 1 N–H and O–H groups in total. The van der Waals surface area contributed by atoms with E-state index < -0.39 is 0 Å². The molecular weight excluding hydrogens is 338 g/mol. The number of piperidine rings is 1. The maximum atomic E-state index is 5.53. The third-order valence-corrected chi connectivity index (χ3v) is 5.98. The molecule has 0 spiro atoms. The minimum Gasteiger partial charge on any atom is -0.381 e. The SMILES string of the molecule is Cc1noc([C@@H](NC2CCN(c3nccs3)CC2)C2CCOCC2)n1. The summed E-state index contributed by atoms with van der Waals surface area (Å²) in [6.07, 6.45) is 6.16. The topological polar surface area (TPSA) is 76.3 Å². The highest BCUT2D eigenvalue weighted by atomic mass is 32.1. The number of aryl methyl sites for hydroxylation is 1. The average molecular weight is 363 g/mol. The lowest BCUT2D eigenvalue weighted by Crippen LogP contribution is -2.45. The second kappa shape index (κ2) is 7.80. The van der Waals surface area contributed by atoms with Crippen LogP contribution >= 0.6 is 11.3 Å². The Morgan fingerprint density at radius 3 is 2.68 bits per heavy atom. The zero-order valence-electron chi connectivity index (χ0n) is 14.6. The first kappa shape index (κ1) is 16.9. The lowest BCUT2D eigenvalue weighted by atomic mass is 9.90. The molecule has 0 saturated carbocycles. The molecular formula is C17H25N5O2S. The average Bonchev–Trinajstić information content (AvgIpc) is 3.33. The van der Waals surface area contributed by atoms with Gasteiger partial charge in [-0.1, -0.05) is 5.16 Å². The highest BCUT2D eigenvalue weighted by Gasteiger charge is 2.32. The van der Waals surface area contributed by atoms with Crippen molar-refractivity contribution in [2.24, 2.45) is 5.92 Å². The van der Waals surface area contributed by atoms with Crippen molar-refractivity contribution < 1.29 is 9.26 Å². The van der Waals surface area contributed by atoms with E-state index in [1.807, 2.05) is 18.5 Å². The van der Waals surface area contributed by atoms with Crippen LogP contribution in [0, 0.1) is 12.8 Å². The Morgan fingerprint density at radius 1 is 1.24 bits per heavy atom. The van der Waals surface area contributed by atoms with Crippen molar-refractivity contribution >= 4 is 16.5 Å². The lowest BCUT2D eigenvalue weighted by molar-refractivity contribution is 0.0461. The lowest BCUT2D eigenvalue weighted by Gasteiger charge is -2.36. The third-order valence-electron chi connectivity index (χ3n) is 5.15. The Labute approximate surface area is 151 Å². The van der Waals surface area contributed by atoms with Crippen LogP contribution in [-0.2, 0) is 4.74 Å². The Bertz CT molecular complexity index is 648. The van der Waals surface area contributed by atoms with E-state index >= 15 is 0 Å². The summed E-state index contributed by atoms with van der Waals surface area (Å²) in [5.41, 5.74) is 0. The van der Waals surface area contributed by atoms with Gasteiger partial charge in [-0.05, 0) is 38.5 Å². The first-order chi connectivity index (χ1) is 12.3. The van der Waals surface area contributed by atoms with Crippen LogP contribution in [0.5, 0.6) is 0 Å². The maximum absolute atomic E-state index is 5.53. The number of anilines is 1. The van der Waals surface area contributed by atoms with E-state index in [0.717, 1.165) is 63.0 Å². The van der Waals surface area contributed by atoms with E-state index in [1.54, 1.807) is 11.3 Å². The van der Waals surface area contributed by atoms with E-state index in [0.29, 0.717) is 17.8 Å². The highest BCUT2D eigenvalue weighted by Crippen LogP contribution is 2.31. The van der Waals surface area contributed by atoms with Crippen LogP contribution < -0.4 is 10.2 Å². The van der Waals surface area contributed by atoms with E-state index in [-0.39, 0.29) is 6.04 Å². The van der Waals surface area contributed by atoms with Gasteiger partial charge in [0.25, 0.3) is 0 Å². The van der Waals surface area contributed by atoms with Crippen LogP contribution in [0.3, 0.4) is 0 Å². The smallest absolute Gasteiger partial charge is 0.244 e. The summed E-state index contributed by atoms with van der Waals surface area (Å²) in [5.74, 6) is 1.92. The predicted octanol–water partition coefficient (Wildman–Crippen LogP) is 2.56. The van der Waals surface area contributed by atoms with Crippen LogP contribution in [0.15, 0.2) is 16.1 Å². The minimum atomic E-state index is 0.126. The largest absolute Gasteiger partial charge is 0.381 e. The zero-order chi connectivity index (χ0) is 17.1. The molecule has 0 bridgehead atoms. The quantitative estimate of drug-likeness (QED) is 0.875. The van der Waals surface area contributed by atoms with Gasteiger partial charge in [0.1, 0.15) is 0 Å². The molecule has 2 saturated heterocycles. The number of rotatable bonds is 5. The number of hydrogen-bond donors (Lipinski definition) is 1. The van der Waals surface area contributed by atoms with Gasteiger partial charge in [-0.2, -0.15) is 4.98 Å². The van der Waals surface area contributed by atoms with Crippen LogP contribution in [0.1, 0.15) is 43.4 Å². The molecule has 0 unspecified atom stereocenters. The Morgan fingerprint density at radius 2 is 2.04 bits per heavy atom. The summed E-state index contributed by atoms with van der Waals surface area (Å²) in [4.78, 5) is 11.3. The molecule has 2 aromatic heterocycles. The highest BCUT2D eigenvalue weighted by molar-refractivity contribution is 7.13. The first-order valence-electron chi connectivity index (χ1n) is 9.08. The van der Waals surface area contributed by atoms with Gasteiger partial charge in [0.15, 0.2) is 11.0 Å². The van der Waals surface area contributed by atoms with Crippen molar-refractivity contribution in [3.63, 3.8) is 0 Å². The third kappa shape index (κ3) is 4.02. The van der Waals surface area contributed by atoms with Gasteiger partial charge < -0.3 is 19.5 Å². The maximum Gasteiger partial charge on any atom is 0.244 e. The van der Waals surface area contributed by atoms with Crippen LogP contribution in [0.2, 0.25) is 0 Å². The molecule has 2 aliphatic rings. The predicted molar refractivity (Wildman–Crippen MR) is 95.8 cm³/mol. The molecule has 0 amide bonds. The number of nitrogens with zero attached hydrogens (tertiary/aromatic N) is 4. The first-order valence-corrected chi connectivity index (χ1v) is 9.96. The Hall–Kier alpha value is -1.51. The number of thiazole rings is 1. The van der Waals surface area contributed by atoms with Crippen LogP contribution in [-0.4, -0.2) is 47.5 Å². The fraction of sp³-hybridized carbons (Fsp3) is 0.706. The van der Waals surface area contributed by atoms with E-state index in [4.69, 9.17) is 9.26 Å². The molecule has 2 fully saturated rings. The molecule has 0 aromatic carbocycles. The van der Waals surface area contributed by atoms with Gasteiger partial charge in [0, 0.05) is 43.9 Å². The molecule has 4 heterocycles. The molecule has 8 heteroatoms. The molecule has 2 aromatic rings. The van der Waals surface area contributed by atoms with Crippen molar-refractivity contribution in [1.29, 1.82) is 0 Å². The molecule has 0 aliphatic carbocycles. The zero-order valence-corrected chi connectivity index (χ0v) is 15.4. The summed E-state index contributed by atoms with van der Waals surface area (Å²) >= 11 is 1.71. The van der Waals surface area contributed by atoms with Crippen molar-refractivity contribution in [1.82, 2.24) is 20.4 Å². The molecule has 7 nitrogen and oxygen atoms in total. The van der Waals surface area contributed by atoms with Crippen molar-refractivity contribution in [2.45, 2.75) is 44.7 Å². The van der Waals surface area contributed by atoms with E-state index in [1.165, 1.54) is 0 Å². The number of hydrogen-bond acceptors (Lipinski definition) is 8. The van der Waals surface area contributed by atoms with Gasteiger partial charge in [0.05, 0.1) is 6.04 Å². The summed E-state index contributed by atoms with van der Waals surface area (Å²) in [6, 6.07) is 0.595.